The molecular weight excluding hydrogens is 352 g/mol. The molecule has 3 rings (SSSR count). The molecule has 28 heavy (non-hydrogen) atoms. The number of guanidine groups is 1. The Hall–Kier alpha value is -3.28. The lowest BCUT2D eigenvalue weighted by Gasteiger charge is -2.13. The molecule has 6 nitrogen and oxygen atoms in total. The summed E-state index contributed by atoms with van der Waals surface area (Å²) in [6, 6.07) is 17.7. The summed E-state index contributed by atoms with van der Waals surface area (Å²) in [6.07, 6.45) is 0.792. The van der Waals surface area contributed by atoms with Crippen LogP contribution in [0.5, 0.6) is 0 Å². The zero-order valence-electron chi connectivity index (χ0n) is 16.5. The largest absolute Gasteiger partial charge is 0.459 e. The van der Waals surface area contributed by atoms with Gasteiger partial charge in [-0.3, -0.25) is 9.79 Å². The summed E-state index contributed by atoms with van der Waals surface area (Å²) in [5.74, 6) is 1.58. The van der Waals surface area contributed by atoms with Crippen LogP contribution >= 0.6 is 0 Å². The smallest absolute Gasteiger partial charge is 0.253 e. The molecule has 146 valence electrons. The van der Waals surface area contributed by atoms with Crippen LogP contribution < -0.4 is 10.6 Å². The molecule has 0 spiro atoms. The van der Waals surface area contributed by atoms with E-state index in [-0.39, 0.29) is 5.91 Å². The summed E-state index contributed by atoms with van der Waals surface area (Å²) in [5, 5.41) is 7.65. The summed E-state index contributed by atoms with van der Waals surface area (Å²) in [4.78, 5) is 17.9. The number of fused-ring (bicyclic) bond motifs is 1. The predicted molar refractivity (Wildman–Crippen MR) is 113 cm³/mol. The molecule has 0 saturated carbocycles. The minimum absolute atomic E-state index is 0.0121. The van der Waals surface area contributed by atoms with Gasteiger partial charge in [0.2, 0.25) is 0 Å². The number of carbonyl (C=O) groups excluding carboxylic acids is 1. The van der Waals surface area contributed by atoms with Gasteiger partial charge in [-0.25, -0.2) is 0 Å². The number of hydrogen-bond acceptors (Lipinski definition) is 3. The van der Waals surface area contributed by atoms with Crippen LogP contribution in [-0.2, 0) is 13.0 Å². The number of furan rings is 1. The SMILES string of the molecule is CN=C(NCCc1cccc(C(=O)N(C)C)c1)NCc1cc2ccccc2o1. The number of hydrogen-bond donors (Lipinski definition) is 2. The Labute approximate surface area is 165 Å². The third-order valence-corrected chi connectivity index (χ3v) is 4.42. The molecule has 6 heteroatoms. The van der Waals surface area contributed by atoms with Crippen molar-refractivity contribution in [3.05, 3.63) is 71.5 Å². The van der Waals surface area contributed by atoms with Crippen molar-refractivity contribution in [2.24, 2.45) is 4.99 Å². The highest BCUT2D eigenvalue weighted by atomic mass is 16.3. The van der Waals surface area contributed by atoms with Crippen molar-refractivity contribution in [3.8, 4) is 0 Å². The van der Waals surface area contributed by atoms with Crippen molar-refractivity contribution < 1.29 is 9.21 Å². The Morgan fingerprint density at radius 3 is 2.64 bits per heavy atom. The van der Waals surface area contributed by atoms with Gasteiger partial charge in [0.1, 0.15) is 11.3 Å². The minimum Gasteiger partial charge on any atom is -0.459 e. The van der Waals surface area contributed by atoms with Crippen molar-refractivity contribution >= 4 is 22.8 Å². The molecule has 1 heterocycles. The first-order valence-electron chi connectivity index (χ1n) is 9.29. The molecule has 0 bridgehead atoms. The van der Waals surface area contributed by atoms with Gasteiger partial charge in [-0.1, -0.05) is 30.3 Å². The number of rotatable bonds is 6. The number of aliphatic imine (C=N–C) groups is 1. The number of amides is 1. The molecule has 0 saturated heterocycles. The van der Waals surface area contributed by atoms with E-state index in [1.165, 1.54) is 0 Å². The highest BCUT2D eigenvalue weighted by Crippen LogP contribution is 2.18. The lowest BCUT2D eigenvalue weighted by molar-refractivity contribution is 0.0827. The lowest BCUT2D eigenvalue weighted by atomic mass is 10.1. The van der Waals surface area contributed by atoms with Crippen molar-refractivity contribution in [1.29, 1.82) is 0 Å². The van der Waals surface area contributed by atoms with Crippen LogP contribution in [0.25, 0.3) is 11.0 Å². The Morgan fingerprint density at radius 2 is 1.89 bits per heavy atom. The normalized spacial score (nSPS) is 11.5. The highest BCUT2D eigenvalue weighted by molar-refractivity contribution is 5.94. The van der Waals surface area contributed by atoms with Gasteiger partial charge in [0.15, 0.2) is 5.96 Å². The molecule has 0 unspecified atom stereocenters. The first kappa shape index (κ1) is 19.5. The van der Waals surface area contributed by atoms with E-state index in [1.54, 1.807) is 26.0 Å². The quantitative estimate of drug-likeness (QED) is 0.511. The average Bonchev–Trinajstić information content (AvgIpc) is 3.13. The van der Waals surface area contributed by atoms with E-state index in [2.05, 4.69) is 15.6 Å². The van der Waals surface area contributed by atoms with Gasteiger partial charge in [-0.2, -0.15) is 0 Å². The molecule has 0 atom stereocenters. The molecule has 1 amide bonds. The average molecular weight is 378 g/mol. The fourth-order valence-electron chi connectivity index (χ4n) is 2.96. The monoisotopic (exact) mass is 378 g/mol. The molecule has 1 aromatic heterocycles. The third-order valence-electron chi connectivity index (χ3n) is 4.42. The van der Waals surface area contributed by atoms with Crippen molar-refractivity contribution in [2.75, 3.05) is 27.7 Å². The van der Waals surface area contributed by atoms with Crippen molar-refractivity contribution in [1.82, 2.24) is 15.5 Å². The van der Waals surface area contributed by atoms with Gasteiger partial charge >= 0.3 is 0 Å². The molecule has 0 aliphatic carbocycles. The van der Waals surface area contributed by atoms with E-state index in [0.717, 1.165) is 28.7 Å². The van der Waals surface area contributed by atoms with Crippen LogP contribution in [0.4, 0.5) is 0 Å². The van der Waals surface area contributed by atoms with E-state index >= 15 is 0 Å². The molecule has 0 radical (unpaired) electrons. The van der Waals surface area contributed by atoms with E-state index in [1.807, 2.05) is 54.6 Å². The van der Waals surface area contributed by atoms with Gasteiger partial charge in [-0.05, 0) is 36.2 Å². The van der Waals surface area contributed by atoms with Crippen LogP contribution in [0.15, 0.2) is 64.0 Å². The van der Waals surface area contributed by atoms with Crippen molar-refractivity contribution in [3.63, 3.8) is 0 Å². The molecule has 0 fully saturated rings. The first-order valence-corrected chi connectivity index (χ1v) is 9.29. The van der Waals surface area contributed by atoms with Gasteiger partial charge in [0.05, 0.1) is 6.54 Å². The van der Waals surface area contributed by atoms with Gasteiger partial charge in [0.25, 0.3) is 5.91 Å². The molecule has 2 aromatic carbocycles. The lowest BCUT2D eigenvalue weighted by Crippen LogP contribution is -2.37. The highest BCUT2D eigenvalue weighted by Gasteiger charge is 2.08. The zero-order valence-corrected chi connectivity index (χ0v) is 16.5. The summed E-state index contributed by atoms with van der Waals surface area (Å²) >= 11 is 0. The van der Waals surface area contributed by atoms with Crippen molar-refractivity contribution in [2.45, 2.75) is 13.0 Å². The maximum atomic E-state index is 12.1. The van der Waals surface area contributed by atoms with Gasteiger partial charge in [-0.15, -0.1) is 0 Å². The van der Waals surface area contributed by atoms with Gasteiger partial charge < -0.3 is 20.0 Å². The molecular formula is C22H26N4O2. The van der Waals surface area contributed by atoms with Crippen LogP contribution in [0.3, 0.4) is 0 Å². The maximum Gasteiger partial charge on any atom is 0.253 e. The topological polar surface area (TPSA) is 69.9 Å². The molecule has 0 aliphatic rings. The number of benzene rings is 2. The molecule has 3 aromatic rings. The van der Waals surface area contributed by atoms with Crippen LogP contribution in [0, 0.1) is 0 Å². The second-order valence-electron chi connectivity index (χ2n) is 6.75. The number of carbonyl (C=O) groups is 1. The number of nitrogens with zero attached hydrogens (tertiary/aromatic N) is 2. The van der Waals surface area contributed by atoms with Crippen LogP contribution in [0.2, 0.25) is 0 Å². The molecule has 0 aliphatic heterocycles. The Kier molecular flexibility index (Phi) is 6.32. The fraction of sp³-hybridized carbons (Fsp3) is 0.273. The van der Waals surface area contributed by atoms with Crippen LogP contribution in [0.1, 0.15) is 21.7 Å². The van der Waals surface area contributed by atoms with E-state index in [4.69, 9.17) is 4.42 Å². The Morgan fingerprint density at radius 1 is 1.07 bits per heavy atom. The number of nitrogens with one attached hydrogen (secondary N) is 2. The summed E-state index contributed by atoms with van der Waals surface area (Å²) < 4.78 is 5.81. The minimum atomic E-state index is 0.0121. The summed E-state index contributed by atoms with van der Waals surface area (Å²) in [6.45, 7) is 1.26. The summed E-state index contributed by atoms with van der Waals surface area (Å²) in [7, 11) is 5.26. The van der Waals surface area contributed by atoms with Gasteiger partial charge in [0, 0.05) is 38.6 Å². The number of para-hydroxylation sites is 1. The Bertz CT molecular complexity index is 942. The second kappa shape index (κ2) is 9.08. The third kappa shape index (κ3) is 4.91. The van der Waals surface area contributed by atoms with E-state index in [9.17, 15) is 4.79 Å². The predicted octanol–water partition coefficient (Wildman–Crippen LogP) is 3.04. The second-order valence-corrected chi connectivity index (χ2v) is 6.75. The molecule has 2 N–H and O–H groups in total. The Balaban J connectivity index is 1.50. The first-order chi connectivity index (χ1) is 13.6. The standard InChI is InChI=1S/C22H26N4O2/c1-23-22(25-15-19-14-17-8-4-5-10-20(17)28-19)24-12-11-16-7-6-9-18(13-16)21(27)26(2)3/h4-10,13-14H,11-12,15H2,1-3H3,(H2,23,24,25). The van der Waals surface area contributed by atoms with Crippen LogP contribution in [-0.4, -0.2) is 44.5 Å². The zero-order chi connectivity index (χ0) is 19.9. The van der Waals surface area contributed by atoms with E-state index in [0.29, 0.717) is 24.6 Å². The maximum absolute atomic E-state index is 12.1. The fourth-order valence-corrected chi connectivity index (χ4v) is 2.96. The van der Waals surface area contributed by atoms with E-state index < -0.39 is 0 Å². The summed E-state index contributed by atoms with van der Waals surface area (Å²) in [5.41, 5.74) is 2.69.